The van der Waals surface area contributed by atoms with E-state index in [-0.39, 0.29) is 11.8 Å². The third kappa shape index (κ3) is 3.02. The van der Waals surface area contributed by atoms with Gasteiger partial charge in [-0.25, -0.2) is 0 Å². The van der Waals surface area contributed by atoms with Crippen molar-refractivity contribution in [3.63, 3.8) is 0 Å². The lowest BCUT2D eigenvalue weighted by Gasteiger charge is -2.12. The summed E-state index contributed by atoms with van der Waals surface area (Å²) in [6.45, 7) is 4.03. The predicted molar refractivity (Wildman–Crippen MR) is 91.5 cm³/mol. The number of nitrogens with one attached hydrogen (secondary N) is 1. The average Bonchev–Trinajstić information content (AvgIpc) is 3.07. The summed E-state index contributed by atoms with van der Waals surface area (Å²) in [5.74, 6) is 0.708. The fraction of sp³-hybridized carbons (Fsp3) is 0.333. The molecule has 1 N–H and O–H groups in total. The summed E-state index contributed by atoms with van der Waals surface area (Å²) in [6.07, 6.45) is 0. The highest BCUT2D eigenvalue weighted by Crippen LogP contribution is 2.20. The maximum Gasteiger partial charge on any atom is 0.286 e. The molecule has 0 saturated carbocycles. The van der Waals surface area contributed by atoms with Gasteiger partial charge in [0.2, 0.25) is 9.97 Å². The summed E-state index contributed by atoms with van der Waals surface area (Å²) in [7, 11) is 3.94. The van der Waals surface area contributed by atoms with E-state index in [0.29, 0.717) is 9.97 Å². The fourth-order valence-electron chi connectivity index (χ4n) is 2.11. The predicted octanol–water partition coefficient (Wildman–Crippen LogP) is 2.63. The zero-order chi connectivity index (χ0) is 16.6. The molecule has 3 aromatic rings. The van der Waals surface area contributed by atoms with E-state index in [2.05, 4.69) is 20.6 Å². The third-order valence-electron chi connectivity index (χ3n) is 3.37. The molecule has 23 heavy (non-hydrogen) atoms. The molecule has 0 aliphatic carbocycles. The van der Waals surface area contributed by atoms with Crippen LogP contribution in [-0.4, -0.2) is 39.8 Å². The maximum atomic E-state index is 12.3. The number of fused-ring (bicyclic) bond motifs is 1. The minimum Gasteiger partial charge on any atom is -0.378 e. The number of nitrogens with zero attached hydrogens (tertiary/aromatic N) is 5. The SMILES string of the molecule is CC(C)c1nnc2sc(C(=O)Nc3ccc(N(C)C)cc3)nn12. The van der Waals surface area contributed by atoms with Crippen LogP contribution in [0.1, 0.15) is 35.4 Å². The van der Waals surface area contributed by atoms with Crippen molar-refractivity contribution in [2.75, 3.05) is 24.3 Å². The van der Waals surface area contributed by atoms with Crippen molar-refractivity contribution < 1.29 is 4.79 Å². The normalized spacial score (nSPS) is 11.2. The Morgan fingerprint density at radius 2 is 1.91 bits per heavy atom. The van der Waals surface area contributed by atoms with Gasteiger partial charge in [-0.1, -0.05) is 25.2 Å². The molecule has 120 valence electrons. The summed E-state index contributed by atoms with van der Waals surface area (Å²) < 4.78 is 1.64. The smallest absolute Gasteiger partial charge is 0.286 e. The number of carbonyl (C=O) groups is 1. The highest BCUT2D eigenvalue weighted by molar-refractivity contribution is 7.18. The number of aromatic nitrogens is 4. The summed E-state index contributed by atoms with van der Waals surface area (Å²) in [5, 5.41) is 15.7. The molecule has 2 heterocycles. The lowest BCUT2D eigenvalue weighted by Crippen LogP contribution is -2.13. The monoisotopic (exact) mass is 330 g/mol. The van der Waals surface area contributed by atoms with Gasteiger partial charge in [0, 0.05) is 31.4 Å². The Hall–Kier alpha value is -2.48. The molecular formula is C15H18N6OS. The zero-order valence-electron chi connectivity index (χ0n) is 13.4. The Bertz CT molecular complexity index is 833. The molecule has 0 aliphatic heterocycles. The van der Waals surface area contributed by atoms with Crippen LogP contribution in [0.3, 0.4) is 0 Å². The van der Waals surface area contributed by atoms with E-state index in [1.54, 1.807) is 4.52 Å². The third-order valence-corrected chi connectivity index (χ3v) is 4.26. The van der Waals surface area contributed by atoms with Gasteiger partial charge in [-0.2, -0.15) is 4.52 Å². The molecule has 1 aromatic carbocycles. The Labute approximate surface area is 138 Å². The van der Waals surface area contributed by atoms with E-state index in [4.69, 9.17) is 0 Å². The van der Waals surface area contributed by atoms with Crippen LogP contribution < -0.4 is 10.2 Å². The molecule has 2 aromatic heterocycles. The van der Waals surface area contributed by atoms with Crippen molar-refractivity contribution >= 4 is 33.6 Å². The van der Waals surface area contributed by atoms with Crippen molar-refractivity contribution in [3.8, 4) is 0 Å². The van der Waals surface area contributed by atoms with E-state index in [9.17, 15) is 4.79 Å². The second-order valence-corrected chi connectivity index (χ2v) is 6.67. The second-order valence-electron chi connectivity index (χ2n) is 5.71. The minimum atomic E-state index is -0.243. The van der Waals surface area contributed by atoms with Gasteiger partial charge >= 0.3 is 0 Å². The fourth-order valence-corrected chi connectivity index (χ4v) is 2.85. The largest absolute Gasteiger partial charge is 0.378 e. The summed E-state index contributed by atoms with van der Waals surface area (Å²) in [5.41, 5.74) is 1.80. The van der Waals surface area contributed by atoms with Crippen molar-refractivity contribution in [2.24, 2.45) is 0 Å². The molecule has 0 atom stereocenters. The number of hydrogen-bond donors (Lipinski definition) is 1. The molecule has 0 spiro atoms. The van der Waals surface area contributed by atoms with Gasteiger partial charge in [0.15, 0.2) is 5.82 Å². The van der Waals surface area contributed by atoms with Gasteiger partial charge in [-0.3, -0.25) is 4.79 Å². The number of carbonyl (C=O) groups excluding carboxylic acids is 1. The molecule has 0 aliphatic rings. The highest BCUT2D eigenvalue weighted by Gasteiger charge is 2.18. The van der Waals surface area contributed by atoms with Crippen molar-refractivity contribution in [1.82, 2.24) is 19.8 Å². The van der Waals surface area contributed by atoms with Crippen LogP contribution in [0.25, 0.3) is 4.96 Å². The lowest BCUT2D eigenvalue weighted by atomic mass is 10.2. The Kier molecular flexibility index (Phi) is 3.99. The van der Waals surface area contributed by atoms with Gasteiger partial charge in [-0.15, -0.1) is 15.3 Å². The molecule has 0 radical (unpaired) electrons. The van der Waals surface area contributed by atoms with Crippen LogP contribution in [0.15, 0.2) is 24.3 Å². The second kappa shape index (κ2) is 5.96. The molecule has 1 amide bonds. The number of rotatable bonds is 4. The summed E-state index contributed by atoms with van der Waals surface area (Å²) in [4.78, 5) is 15.0. The number of amides is 1. The minimum absolute atomic E-state index is 0.196. The van der Waals surface area contributed by atoms with E-state index in [0.717, 1.165) is 17.2 Å². The number of anilines is 2. The van der Waals surface area contributed by atoms with E-state index in [1.165, 1.54) is 11.3 Å². The number of hydrogen-bond acceptors (Lipinski definition) is 6. The molecule has 8 heteroatoms. The number of benzene rings is 1. The first-order valence-corrected chi connectivity index (χ1v) is 8.08. The van der Waals surface area contributed by atoms with Gasteiger partial charge < -0.3 is 10.2 Å². The van der Waals surface area contributed by atoms with E-state index >= 15 is 0 Å². The van der Waals surface area contributed by atoms with Crippen molar-refractivity contribution in [1.29, 1.82) is 0 Å². The van der Waals surface area contributed by atoms with Crippen LogP contribution in [0.4, 0.5) is 11.4 Å². The summed E-state index contributed by atoms with van der Waals surface area (Å²) >= 11 is 1.23. The summed E-state index contributed by atoms with van der Waals surface area (Å²) in [6, 6.07) is 7.64. The highest BCUT2D eigenvalue weighted by atomic mass is 32.1. The van der Waals surface area contributed by atoms with Crippen molar-refractivity contribution in [2.45, 2.75) is 19.8 Å². The molecule has 0 saturated heterocycles. The molecule has 0 bridgehead atoms. The van der Waals surface area contributed by atoms with E-state index in [1.807, 2.05) is 57.1 Å². The first-order chi connectivity index (χ1) is 11.0. The molecule has 0 fully saturated rings. The van der Waals surface area contributed by atoms with Crippen LogP contribution in [0.2, 0.25) is 0 Å². The van der Waals surface area contributed by atoms with Gasteiger partial charge in [-0.05, 0) is 24.3 Å². The molecular weight excluding hydrogens is 312 g/mol. The maximum absolute atomic E-state index is 12.3. The van der Waals surface area contributed by atoms with Crippen LogP contribution in [0, 0.1) is 0 Å². The van der Waals surface area contributed by atoms with Crippen LogP contribution >= 0.6 is 11.3 Å². The van der Waals surface area contributed by atoms with Gasteiger partial charge in [0.25, 0.3) is 5.91 Å². The average molecular weight is 330 g/mol. The van der Waals surface area contributed by atoms with Gasteiger partial charge in [0.05, 0.1) is 0 Å². The lowest BCUT2D eigenvalue weighted by molar-refractivity contribution is 0.102. The topological polar surface area (TPSA) is 75.4 Å². The Morgan fingerprint density at radius 3 is 2.52 bits per heavy atom. The van der Waals surface area contributed by atoms with Crippen molar-refractivity contribution in [3.05, 3.63) is 35.1 Å². The zero-order valence-corrected chi connectivity index (χ0v) is 14.3. The quantitative estimate of drug-likeness (QED) is 0.796. The first kappa shape index (κ1) is 15.4. The van der Waals surface area contributed by atoms with Crippen LogP contribution in [-0.2, 0) is 0 Å². The standard InChI is InChI=1S/C15H18N6OS/c1-9(2)12-17-18-15-21(12)19-14(23-15)13(22)16-10-5-7-11(8-6-10)20(3)4/h5-9H,1-4H3,(H,16,22). The molecule has 3 rings (SSSR count). The van der Waals surface area contributed by atoms with Crippen LogP contribution in [0.5, 0.6) is 0 Å². The van der Waals surface area contributed by atoms with Gasteiger partial charge in [0.1, 0.15) is 0 Å². The van der Waals surface area contributed by atoms with E-state index < -0.39 is 0 Å². The Balaban J connectivity index is 1.80. The molecule has 7 nitrogen and oxygen atoms in total. The Morgan fingerprint density at radius 1 is 1.22 bits per heavy atom. The first-order valence-electron chi connectivity index (χ1n) is 7.26. The molecule has 0 unspecified atom stereocenters.